The van der Waals surface area contributed by atoms with Gasteiger partial charge >= 0.3 is 0 Å². The molecule has 0 saturated carbocycles. The van der Waals surface area contributed by atoms with Crippen LogP contribution in [0.25, 0.3) is 0 Å². The van der Waals surface area contributed by atoms with E-state index in [-0.39, 0.29) is 0 Å². The number of nitrogens with one attached hydrogen (secondary N) is 2. The molecule has 0 spiro atoms. The molecule has 1 aliphatic rings. The number of aromatic nitrogens is 3. The Bertz CT molecular complexity index is 573. The lowest BCUT2D eigenvalue weighted by atomic mass is 9.97. The lowest BCUT2D eigenvalue weighted by molar-refractivity contribution is 0.501. The maximum absolute atomic E-state index is 4.38. The SMILES string of the molecule is CNc1ccc(N2CCC(c3nnc(NC)s3)CC2)cn1. The molecule has 21 heavy (non-hydrogen) atoms. The fourth-order valence-corrected chi connectivity index (χ4v) is 3.47. The molecule has 0 atom stereocenters. The van der Waals surface area contributed by atoms with Crippen LogP contribution in [-0.4, -0.2) is 42.4 Å². The van der Waals surface area contributed by atoms with E-state index in [4.69, 9.17) is 0 Å². The molecule has 3 rings (SSSR count). The smallest absolute Gasteiger partial charge is 0.205 e. The highest BCUT2D eigenvalue weighted by Gasteiger charge is 2.23. The summed E-state index contributed by atoms with van der Waals surface area (Å²) in [5.41, 5.74) is 1.20. The van der Waals surface area contributed by atoms with E-state index in [9.17, 15) is 0 Å². The van der Waals surface area contributed by atoms with Crippen molar-refractivity contribution in [3.63, 3.8) is 0 Å². The number of anilines is 3. The second-order valence-corrected chi connectivity index (χ2v) is 6.12. The number of hydrogen-bond donors (Lipinski definition) is 2. The number of hydrogen-bond acceptors (Lipinski definition) is 7. The van der Waals surface area contributed by atoms with Crippen LogP contribution in [0, 0.1) is 0 Å². The second-order valence-electron chi connectivity index (χ2n) is 5.11. The first-order valence-electron chi connectivity index (χ1n) is 7.20. The molecule has 1 aliphatic heterocycles. The summed E-state index contributed by atoms with van der Waals surface area (Å²) in [5.74, 6) is 1.44. The molecule has 1 saturated heterocycles. The van der Waals surface area contributed by atoms with E-state index >= 15 is 0 Å². The molecule has 7 heteroatoms. The molecule has 2 aromatic heterocycles. The number of piperidine rings is 1. The number of rotatable bonds is 4. The summed E-state index contributed by atoms with van der Waals surface area (Å²) in [6, 6.07) is 4.15. The molecular formula is C14H20N6S. The first kappa shape index (κ1) is 14.1. The zero-order chi connectivity index (χ0) is 14.7. The molecule has 1 fully saturated rings. The quantitative estimate of drug-likeness (QED) is 0.904. The minimum Gasteiger partial charge on any atom is -0.373 e. The van der Waals surface area contributed by atoms with Crippen LogP contribution in [0.4, 0.5) is 16.6 Å². The first-order chi connectivity index (χ1) is 10.3. The zero-order valence-corrected chi connectivity index (χ0v) is 13.2. The maximum Gasteiger partial charge on any atom is 0.205 e. The Hall–Kier alpha value is -1.89. The third kappa shape index (κ3) is 3.07. The Morgan fingerprint density at radius 3 is 2.52 bits per heavy atom. The Morgan fingerprint density at radius 2 is 1.95 bits per heavy atom. The zero-order valence-electron chi connectivity index (χ0n) is 12.3. The van der Waals surface area contributed by atoms with E-state index in [1.165, 1.54) is 5.69 Å². The van der Waals surface area contributed by atoms with Crippen molar-refractivity contribution >= 4 is 28.0 Å². The molecule has 0 aliphatic carbocycles. The monoisotopic (exact) mass is 304 g/mol. The van der Waals surface area contributed by atoms with Crippen LogP contribution < -0.4 is 15.5 Å². The predicted molar refractivity (Wildman–Crippen MR) is 87.4 cm³/mol. The predicted octanol–water partition coefficient (Wildman–Crippen LogP) is 2.40. The van der Waals surface area contributed by atoms with Crippen LogP contribution >= 0.6 is 11.3 Å². The van der Waals surface area contributed by atoms with Crippen LogP contribution in [0.15, 0.2) is 18.3 Å². The summed E-state index contributed by atoms with van der Waals surface area (Å²) in [6.45, 7) is 2.08. The first-order valence-corrected chi connectivity index (χ1v) is 8.01. The molecule has 2 N–H and O–H groups in total. The van der Waals surface area contributed by atoms with E-state index < -0.39 is 0 Å². The Labute approximate surface area is 128 Å². The molecule has 0 aromatic carbocycles. The van der Waals surface area contributed by atoms with Crippen molar-refractivity contribution in [3.8, 4) is 0 Å². The minimum absolute atomic E-state index is 0.533. The van der Waals surface area contributed by atoms with Crippen molar-refractivity contribution in [2.75, 3.05) is 42.7 Å². The standard InChI is InChI=1S/C14H20N6S/c1-15-12-4-3-11(9-17-12)20-7-5-10(6-8-20)13-18-19-14(16-2)21-13/h3-4,9-10H,5-8H2,1-2H3,(H,15,17)(H,16,19). The van der Waals surface area contributed by atoms with E-state index in [0.717, 1.165) is 41.9 Å². The third-order valence-corrected chi connectivity index (χ3v) is 4.97. The van der Waals surface area contributed by atoms with Crippen LogP contribution in [-0.2, 0) is 0 Å². The Balaban J connectivity index is 1.61. The molecular weight excluding hydrogens is 284 g/mol. The summed E-state index contributed by atoms with van der Waals surface area (Å²) >= 11 is 1.67. The maximum atomic E-state index is 4.38. The average Bonchev–Trinajstić information content (AvgIpc) is 3.04. The van der Waals surface area contributed by atoms with E-state index in [0.29, 0.717) is 5.92 Å². The fraction of sp³-hybridized carbons (Fsp3) is 0.500. The Morgan fingerprint density at radius 1 is 1.14 bits per heavy atom. The van der Waals surface area contributed by atoms with Gasteiger partial charge in [0.1, 0.15) is 10.8 Å². The summed E-state index contributed by atoms with van der Waals surface area (Å²) < 4.78 is 0. The topological polar surface area (TPSA) is 66.0 Å². The molecule has 2 aromatic rings. The number of nitrogens with zero attached hydrogens (tertiary/aromatic N) is 4. The van der Waals surface area contributed by atoms with Crippen LogP contribution in [0.5, 0.6) is 0 Å². The molecule has 0 radical (unpaired) electrons. The molecule has 0 bridgehead atoms. The van der Waals surface area contributed by atoms with Gasteiger partial charge in [-0.1, -0.05) is 11.3 Å². The van der Waals surface area contributed by atoms with Crippen molar-refractivity contribution in [3.05, 3.63) is 23.3 Å². The lowest BCUT2D eigenvalue weighted by Gasteiger charge is -2.32. The normalized spacial score (nSPS) is 16.0. The molecule has 3 heterocycles. The highest BCUT2D eigenvalue weighted by Crippen LogP contribution is 2.33. The summed E-state index contributed by atoms with van der Waals surface area (Å²) in [7, 11) is 3.77. The van der Waals surface area contributed by atoms with Gasteiger partial charge in [-0.2, -0.15) is 0 Å². The molecule has 6 nitrogen and oxygen atoms in total. The second kappa shape index (κ2) is 6.26. The third-order valence-electron chi connectivity index (χ3n) is 3.87. The van der Waals surface area contributed by atoms with Gasteiger partial charge in [0, 0.05) is 33.1 Å². The van der Waals surface area contributed by atoms with Gasteiger partial charge in [0.25, 0.3) is 0 Å². The summed E-state index contributed by atoms with van der Waals surface area (Å²) in [5, 5.41) is 16.6. The van der Waals surface area contributed by atoms with E-state index in [1.807, 2.05) is 26.4 Å². The van der Waals surface area contributed by atoms with Gasteiger partial charge in [-0.25, -0.2) is 4.98 Å². The summed E-state index contributed by atoms with van der Waals surface area (Å²) in [4.78, 5) is 6.77. The van der Waals surface area contributed by atoms with Gasteiger partial charge in [0.05, 0.1) is 11.9 Å². The van der Waals surface area contributed by atoms with Crippen LogP contribution in [0.1, 0.15) is 23.8 Å². The molecule has 0 unspecified atom stereocenters. The minimum atomic E-state index is 0.533. The van der Waals surface area contributed by atoms with E-state index in [1.54, 1.807) is 11.3 Å². The van der Waals surface area contributed by atoms with Gasteiger partial charge in [0.2, 0.25) is 5.13 Å². The van der Waals surface area contributed by atoms with Crippen molar-refractivity contribution in [2.24, 2.45) is 0 Å². The highest BCUT2D eigenvalue weighted by atomic mass is 32.1. The van der Waals surface area contributed by atoms with Gasteiger partial charge in [-0.05, 0) is 25.0 Å². The largest absolute Gasteiger partial charge is 0.373 e. The van der Waals surface area contributed by atoms with Crippen molar-refractivity contribution in [1.82, 2.24) is 15.2 Å². The lowest BCUT2D eigenvalue weighted by Crippen LogP contribution is -2.32. The van der Waals surface area contributed by atoms with E-state index in [2.05, 4.69) is 36.8 Å². The van der Waals surface area contributed by atoms with Gasteiger partial charge < -0.3 is 15.5 Å². The van der Waals surface area contributed by atoms with Crippen LogP contribution in [0.3, 0.4) is 0 Å². The number of pyridine rings is 1. The van der Waals surface area contributed by atoms with Gasteiger partial charge in [0.15, 0.2) is 0 Å². The summed E-state index contributed by atoms with van der Waals surface area (Å²) in [6.07, 6.45) is 4.18. The molecule has 112 valence electrons. The van der Waals surface area contributed by atoms with Crippen molar-refractivity contribution in [1.29, 1.82) is 0 Å². The van der Waals surface area contributed by atoms with Crippen molar-refractivity contribution < 1.29 is 0 Å². The van der Waals surface area contributed by atoms with Gasteiger partial charge in [-0.15, -0.1) is 10.2 Å². The Kier molecular flexibility index (Phi) is 4.19. The highest BCUT2D eigenvalue weighted by molar-refractivity contribution is 7.15. The van der Waals surface area contributed by atoms with Gasteiger partial charge in [-0.3, -0.25) is 0 Å². The van der Waals surface area contributed by atoms with Crippen LogP contribution in [0.2, 0.25) is 0 Å². The van der Waals surface area contributed by atoms with Crippen molar-refractivity contribution in [2.45, 2.75) is 18.8 Å². The fourth-order valence-electron chi connectivity index (χ4n) is 2.61. The average molecular weight is 304 g/mol. The molecule has 0 amide bonds.